The Morgan fingerprint density at radius 2 is 1.74 bits per heavy atom. The minimum absolute atomic E-state index is 0.0366. The van der Waals surface area contributed by atoms with Gasteiger partial charge < -0.3 is 10.1 Å². The van der Waals surface area contributed by atoms with Gasteiger partial charge in [-0.25, -0.2) is 13.6 Å². The SMILES string of the molecule is COC(=O)NC(=O)c1ccsc1NC(=O)c1c(F)cccc1F. The second-order valence-corrected chi connectivity index (χ2v) is 5.08. The molecule has 0 spiro atoms. The lowest BCUT2D eigenvalue weighted by molar-refractivity contribution is 0.0938. The van der Waals surface area contributed by atoms with Crippen LogP contribution in [0.3, 0.4) is 0 Å². The van der Waals surface area contributed by atoms with E-state index in [9.17, 15) is 23.2 Å². The van der Waals surface area contributed by atoms with E-state index in [0.29, 0.717) is 0 Å². The van der Waals surface area contributed by atoms with Gasteiger partial charge >= 0.3 is 6.09 Å². The molecule has 9 heteroatoms. The van der Waals surface area contributed by atoms with Crippen molar-refractivity contribution < 1.29 is 27.9 Å². The van der Waals surface area contributed by atoms with E-state index in [1.807, 2.05) is 5.32 Å². The van der Waals surface area contributed by atoms with Crippen molar-refractivity contribution in [3.63, 3.8) is 0 Å². The predicted octanol–water partition coefficient (Wildman–Crippen LogP) is 2.77. The number of amides is 3. The molecule has 23 heavy (non-hydrogen) atoms. The normalized spacial score (nSPS) is 10.0. The molecule has 0 aliphatic carbocycles. The number of carbonyl (C=O) groups excluding carboxylic acids is 3. The van der Waals surface area contributed by atoms with Gasteiger partial charge in [0.05, 0.1) is 12.7 Å². The fraction of sp³-hybridized carbons (Fsp3) is 0.0714. The molecule has 0 saturated heterocycles. The van der Waals surface area contributed by atoms with E-state index in [0.717, 1.165) is 36.6 Å². The zero-order valence-electron chi connectivity index (χ0n) is 11.7. The van der Waals surface area contributed by atoms with Crippen LogP contribution in [0.25, 0.3) is 0 Å². The number of nitrogens with one attached hydrogen (secondary N) is 2. The summed E-state index contributed by atoms with van der Waals surface area (Å²) in [7, 11) is 1.08. The summed E-state index contributed by atoms with van der Waals surface area (Å²) in [5, 5.41) is 5.68. The van der Waals surface area contributed by atoms with Crippen LogP contribution < -0.4 is 10.6 Å². The molecule has 2 rings (SSSR count). The summed E-state index contributed by atoms with van der Waals surface area (Å²) in [6.07, 6.45) is -0.973. The first-order chi connectivity index (χ1) is 10.9. The number of rotatable bonds is 3. The largest absolute Gasteiger partial charge is 0.453 e. The number of anilines is 1. The van der Waals surface area contributed by atoms with Crippen LogP contribution >= 0.6 is 11.3 Å². The molecule has 2 N–H and O–H groups in total. The lowest BCUT2D eigenvalue weighted by Crippen LogP contribution is -2.30. The van der Waals surface area contributed by atoms with E-state index in [2.05, 4.69) is 10.1 Å². The van der Waals surface area contributed by atoms with Gasteiger partial charge in [0.1, 0.15) is 22.2 Å². The summed E-state index contributed by atoms with van der Waals surface area (Å²) in [4.78, 5) is 34.9. The van der Waals surface area contributed by atoms with Crippen molar-refractivity contribution in [3.8, 4) is 0 Å². The van der Waals surface area contributed by atoms with Crippen LogP contribution in [0.1, 0.15) is 20.7 Å². The van der Waals surface area contributed by atoms with Crippen molar-refractivity contribution in [2.24, 2.45) is 0 Å². The van der Waals surface area contributed by atoms with Crippen LogP contribution in [0.4, 0.5) is 18.6 Å². The fourth-order valence-corrected chi connectivity index (χ4v) is 2.46. The Bertz CT molecular complexity index is 756. The standard InChI is InChI=1S/C14H10F2N2O4S/c1-22-14(21)18-11(19)7-5-6-23-13(7)17-12(20)10-8(15)3-2-4-9(10)16/h2-6H,1H3,(H,17,20)(H,18,19,21). The quantitative estimate of drug-likeness (QED) is 0.900. The van der Waals surface area contributed by atoms with Gasteiger partial charge in [-0.2, -0.15) is 0 Å². The highest BCUT2D eigenvalue weighted by Gasteiger charge is 2.21. The first-order valence-electron chi connectivity index (χ1n) is 6.16. The number of imide groups is 1. The van der Waals surface area contributed by atoms with E-state index in [1.165, 1.54) is 11.4 Å². The first-order valence-corrected chi connectivity index (χ1v) is 7.04. The summed E-state index contributed by atoms with van der Waals surface area (Å²) in [6.45, 7) is 0. The number of ether oxygens (including phenoxy) is 1. The monoisotopic (exact) mass is 340 g/mol. The molecule has 0 unspecified atom stereocenters. The number of hydrogen-bond acceptors (Lipinski definition) is 5. The molecule has 3 amide bonds. The molecule has 0 saturated carbocycles. The number of hydrogen-bond donors (Lipinski definition) is 2. The summed E-state index contributed by atoms with van der Waals surface area (Å²) in [5.41, 5.74) is -0.800. The molecule has 0 aliphatic heterocycles. The van der Waals surface area contributed by atoms with E-state index in [1.54, 1.807) is 0 Å². The van der Waals surface area contributed by atoms with Crippen LogP contribution in [-0.4, -0.2) is 25.0 Å². The Morgan fingerprint density at radius 3 is 2.35 bits per heavy atom. The van der Waals surface area contributed by atoms with Crippen LogP contribution in [-0.2, 0) is 4.74 Å². The number of methoxy groups -OCH3 is 1. The molecule has 1 heterocycles. The molecular formula is C14H10F2N2O4S. The summed E-state index contributed by atoms with van der Waals surface area (Å²) in [5.74, 6) is -3.92. The van der Waals surface area contributed by atoms with Crippen molar-refractivity contribution in [2.75, 3.05) is 12.4 Å². The lowest BCUT2D eigenvalue weighted by Gasteiger charge is -2.07. The van der Waals surface area contributed by atoms with E-state index < -0.39 is 35.1 Å². The zero-order valence-corrected chi connectivity index (χ0v) is 12.5. The van der Waals surface area contributed by atoms with Crippen LogP contribution in [0.15, 0.2) is 29.6 Å². The number of thiophene rings is 1. The van der Waals surface area contributed by atoms with Gasteiger partial charge in [-0.05, 0) is 23.6 Å². The molecule has 0 atom stereocenters. The van der Waals surface area contributed by atoms with Gasteiger partial charge in [-0.15, -0.1) is 11.3 Å². The molecule has 120 valence electrons. The molecule has 0 fully saturated rings. The third kappa shape index (κ3) is 3.69. The van der Waals surface area contributed by atoms with Gasteiger partial charge in [0.2, 0.25) is 0 Å². The smallest absolute Gasteiger partial charge is 0.413 e. The molecule has 2 aromatic rings. The molecule has 0 radical (unpaired) electrons. The Hall–Kier alpha value is -2.81. The third-order valence-electron chi connectivity index (χ3n) is 2.73. The second kappa shape index (κ2) is 6.97. The van der Waals surface area contributed by atoms with Crippen LogP contribution in [0.2, 0.25) is 0 Å². The van der Waals surface area contributed by atoms with Crippen LogP contribution in [0, 0.1) is 11.6 Å². The minimum atomic E-state index is -1.05. The number of benzene rings is 1. The first kappa shape index (κ1) is 16.6. The predicted molar refractivity (Wildman–Crippen MR) is 78.5 cm³/mol. The summed E-state index contributed by atoms with van der Waals surface area (Å²) >= 11 is 0.957. The maximum atomic E-state index is 13.6. The maximum Gasteiger partial charge on any atom is 0.413 e. The Kier molecular flexibility index (Phi) is 5.02. The minimum Gasteiger partial charge on any atom is -0.453 e. The number of carbonyl (C=O) groups is 3. The third-order valence-corrected chi connectivity index (χ3v) is 3.56. The van der Waals surface area contributed by atoms with Crippen molar-refractivity contribution in [3.05, 3.63) is 52.4 Å². The van der Waals surface area contributed by atoms with Crippen LogP contribution in [0.5, 0.6) is 0 Å². The van der Waals surface area contributed by atoms with Crippen molar-refractivity contribution in [1.29, 1.82) is 0 Å². The summed E-state index contributed by atoms with van der Waals surface area (Å²) < 4.78 is 31.4. The Labute approximate surface area is 133 Å². The molecular weight excluding hydrogens is 330 g/mol. The molecule has 1 aromatic heterocycles. The van der Waals surface area contributed by atoms with Gasteiger partial charge in [0, 0.05) is 0 Å². The van der Waals surface area contributed by atoms with E-state index >= 15 is 0 Å². The average molecular weight is 340 g/mol. The summed E-state index contributed by atoms with van der Waals surface area (Å²) in [6, 6.07) is 4.35. The highest BCUT2D eigenvalue weighted by Crippen LogP contribution is 2.24. The second-order valence-electron chi connectivity index (χ2n) is 4.16. The number of alkyl carbamates (subject to hydrolysis) is 1. The average Bonchev–Trinajstić information content (AvgIpc) is 2.95. The number of halogens is 2. The van der Waals surface area contributed by atoms with Crippen molar-refractivity contribution in [1.82, 2.24) is 5.32 Å². The topological polar surface area (TPSA) is 84.5 Å². The molecule has 0 aliphatic rings. The zero-order chi connectivity index (χ0) is 17.0. The van der Waals surface area contributed by atoms with Gasteiger partial charge in [0.25, 0.3) is 11.8 Å². The van der Waals surface area contributed by atoms with E-state index in [-0.39, 0.29) is 10.6 Å². The Morgan fingerprint density at radius 1 is 1.09 bits per heavy atom. The lowest BCUT2D eigenvalue weighted by atomic mass is 10.2. The van der Waals surface area contributed by atoms with Crippen molar-refractivity contribution >= 4 is 34.2 Å². The maximum absolute atomic E-state index is 13.6. The Balaban J connectivity index is 2.22. The van der Waals surface area contributed by atoms with E-state index in [4.69, 9.17) is 0 Å². The fourth-order valence-electron chi connectivity index (χ4n) is 1.68. The van der Waals surface area contributed by atoms with Gasteiger partial charge in [-0.3, -0.25) is 14.9 Å². The molecule has 6 nitrogen and oxygen atoms in total. The highest BCUT2D eigenvalue weighted by atomic mass is 32.1. The van der Waals surface area contributed by atoms with Crippen molar-refractivity contribution in [2.45, 2.75) is 0 Å². The van der Waals surface area contributed by atoms with Gasteiger partial charge in [0.15, 0.2) is 0 Å². The van der Waals surface area contributed by atoms with Gasteiger partial charge in [-0.1, -0.05) is 6.07 Å². The molecule has 0 bridgehead atoms. The highest BCUT2D eigenvalue weighted by molar-refractivity contribution is 7.14. The molecule has 1 aromatic carbocycles.